The van der Waals surface area contributed by atoms with Gasteiger partial charge in [-0.05, 0) is 24.3 Å². The van der Waals surface area contributed by atoms with Crippen LogP contribution in [0.15, 0.2) is 24.3 Å². The van der Waals surface area contributed by atoms with Gasteiger partial charge in [0.25, 0.3) is 0 Å². The standard InChI is InChI=1S/C13H19N7O3S/c1-3-20-18-12(17-19-20)10-5-4-6-11(9-10)16-13(21)14-7-8-15-24(2,22)23/h4-6,9,15H,3,7-8H2,1-2H3,(H2,14,16,21). The molecule has 0 aliphatic carbocycles. The Kier molecular flexibility index (Phi) is 5.82. The van der Waals surface area contributed by atoms with E-state index in [9.17, 15) is 13.2 Å². The molecule has 2 rings (SSSR count). The van der Waals surface area contributed by atoms with Gasteiger partial charge in [0.15, 0.2) is 0 Å². The molecule has 0 aliphatic rings. The predicted molar refractivity (Wildman–Crippen MR) is 88.8 cm³/mol. The first-order valence-electron chi connectivity index (χ1n) is 7.25. The Morgan fingerprint density at radius 3 is 2.75 bits per heavy atom. The monoisotopic (exact) mass is 353 g/mol. The van der Waals surface area contributed by atoms with Crippen LogP contribution in [0, 0.1) is 0 Å². The normalized spacial score (nSPS) is 11.2. The molecule has 1 heterocycles. The molecule has 0 saturated carbocycles. The molecule has 0 spiro atoms. The van der Waals surface area contributed by atoms with Gasteiger partial charge in [-0.25, -0.2) is 17.9 Å². The number of hydrogen-bond acceptors (Lipinski definition) is 6. The number of anilines is 1. The van der Waals surface area contributed by atoms with E-state index in [0.717, 1.165) is 11.8 Å². The molecule has 1 aromatic carbocycles. The second-order valence-electron chi connectivity index (χ2n) is 4.93. The zero-order valence-corrected chi connectivity index (χ0v) is 14.2. The summed E-state index contributed by atoms with van der Waals surface area (Å²) in [5.74, 6) is 0.471. The highest BCUT2D eigenvalue weighted by Crippen LogP contribution is 2.18. The fourth-order valence-electron chi connectivity index (χ4n) is 1.82. The number of tetrazole rings is 1. The van der Waals surface area contributed by atoms with Crippen molar-refractivity contribution >= 4 is 21.7 Å². The van der Waals surface area contributed by atoms with Crippen molar-refractivity contribution in [3.05, 3.63) is 24.3 Å². The van der Waals surface area contributed by atoms with Gasteiger partial charge in [0.05, 0.1) is 12.8 Å². The van der Waals surface area contributed by atoms with E-state index in [4.69, 9.17) is 0 Å². The number of urea groups is 1. The molecule has 0 aliphatic heterocycles. The second kappa shape index (κ2) is 7.84. The molecule has 0 unspecified atom stereocenters. The average Bonchev–Trinajstić information content (AvgIpc) is 3.00. The summed E-state index contributed by atoms with van der Waals surface area (Å²) >= 11 is 0. The van der Waals surface area contributed by atoms with E-state index in [1.807, 2.05) is 13.0 Å². The van der Waals surface area contributed by atoms with E-state index in [1.165, 1.54) is 4.80 Å². The van der Waals surface area contributed by atoms with Gasteiger partial charge in [-0.1, -0.05) is 12.1 Å². The second-order valence-corrected chi connectivity index (χ2v) is 6.76. The lowest BCUT2D eigenvalue weighted by Gasteiger charge is -2.08. The Balaban J connectivity index is 1.90. The quantitative estimate of drug-likeness (QED) is 0.602. The van der Waals surface area contributed by atoms with Gasteiger partial charge in [-0.3, -0.25) is 0 Å². The first-order valence-corrected chi connectivity index (χ1v) is 9.14. The van der Waals surface area contributed by atoms with Crippen molar-refractivity contribution < 1.29 is 13.2 Å². The van der Waals surface area contributed by atoms with E-state index in [0.29, 0.717) is 18.1 Å². The number of benzene rings is 1. The molecule has 2 aromatic rings. The minimum absolute atomic E-state index is 0.121. The van der Waals surface area contributed by atoms with Crippen molar-refractivity contribution in [3.8, 4) is 11.4 Å². The van der Waals surface area contributed by atoms with E-state index in [2.05, 4.69) is 30.8 Å². The molecule has 0 atom stereocenters. The Morgan fingerprint density at radius 2 is 2.08 bits per heavy atom. The fourth-order valence-corrected chi connectivity index (χ4v) is 2.29. The first-order chi connectivity index (χ1) is 11.4. The molecule has 11 heteroatoms. The van der Waals surface area contributed by atoms with Crippen LogP contribution in [0.5, 0.6) is 0 Å². The van der Waals surface area contributed by atoms with Crippen molar-refractivity contribution in [2.75, 3.05) is 24.7 Å². The highest BCUT2D eigenvalue weighted by Gasteiger charge is 2.08. The highest BCUT2D eigenvalue weighted by atomic mass is 32.2. The van der Waals surface area contributed by atoms with Crippen molar-refractivity contribution in [3.63, 3.8) is 0 Å². The van der Waals surface area contributed by atoms with Gasteiger partial charge in [-0.15, -0.1) is 10.2 Å². The van der Waals surface area contributed by atoms with Gasteiger partial charge < -0.3 is 10.6 Å². The SMILES string of the molecule is CCn1nnc(-c2cccc(NC(=O)NCCNS(C)(=O)=O)c2)n1. The summed E-state index contributed by atoms with van der Waals surface area (Å²) in [5, 5.41) is 17.3. The Morgan fingerprint density at radius 1 is 1.29 bits per heavy atom. The predicted octanol–water partition coefficient (Wildman–Crippen LogP) is 0.0307. The summed E-state index contributed by atoms with van der Waals surface area (Å²) in [7, 11) is -3.26. The summed E-state index contributed by atoms with van der Waals surface area (Å²) in [6.07, 6.45) is 1.06. The number of carbonyl (C=O) groups excluding carboxylic acids is 1. The smallest absolute Gasteiger partial charge is 0.319 e. The molecule has 1 aromatic heterocycles. The van der Waals surface area contributed by atoms with Crippen molar-refractivity contribution in [2.45, 2.75) is 13.5 Å². The summed E-state index contributed by atoms with van der Waals surface area (Å²) in [6.45, 7) is 2.82. The summed E-state index contributed by atoms with van der Waals surface area (Å²) in [6, 6.07) is 6.60. The Bertz CT molecular complexity index is 803. The van der Waals surface area contributed by atoms with Gasteiger partial charge in [-0.2, -0.15) is 4.80 Å². The number of rotatable bonds is 7. The van der Waals surface area contributed by atoms with E-state index >= 15 is 0 Å². The zero-order valence-electron chi connectivity index (χ0n) is 13.4. The maximum atomic E-state index is 11.8. The van der Waals surface area contributed by atoms with Crippen LogP contribution in [-0.4, -0.2) is 54.0 Å². The topological polar surface area (TPSA) is 131 Å². The summed E-state index contributed by atoms with van der Waals surface area (Å²) in [5.41, 5.74) is 1.29. The minimum atomic E-state index is -3.26. The number of amides is 2. The van der Waals surface area contributed by atoms with Crippen LogP contribution >= 0.6 is 0 Å². The summed E-state index contributed by atoms with van der Waals surface area (Å²) in [4.78, 5) is 13.3. The van der Waals surface area contributed by atoms with Crippen LogP contribution < -0.4 is 15.4 Å². The lowest BCUT2D eigenvalue weighted by Crippen LogP contribution is -2.36. The van der Waals surface area contributed by atoms with Crippen LogP contribution in [-0.2, 0) is 16.6 Å². The van der Waals surface area contributed by atoms with Crippen LogP contribution in [0.3, 0.4) is 0 Å². The number of carbonyl (C=O) groups is 1. The van der Waals surface area contributed by atoms with Crippen LogP contribution in [0.4, 0.5) is 10.5 Å². The van der Waals surface area contributed by atoms with Crippen molar-refractivity contribution in [1.29, 1.82) is 0 Å². The summed E-state index contributed by atoms with van der Waals surface area (Å²) < 4.78 is 24.1. The maximum Gasteiger partial charge on any atom is 0.319 e. The minimum Gasteiger partial charge on any atom is -0.337 e. The third kappa shape index (κ3) is 5.59. The van der Waals surface area contributed by atoms with Crippen molar-refractivity contribution in [1.82, 2.24) is 30.2 Å². The van der Waals surface area contributed by atoms with E-state index in [-0.39, 0.29) is 13.1 Å². The largest absolute Gasteiger partial charge is 0.337 e. The molecule has 0 fully saturated rings. The lowest BCUT2D eigenvalue weighted by atomic mass is 10.2. The van der Waals surface area contributed by atoms with Gasteiger partial charge in [0.1, 0.15) is 0 Å². The van der Waals surface area contributed by atoms with Gasteiger partial charge >= 0.3 is 6.03 Å². The van der Waals surface area contributed by atoms with Gasteiger partial charge in [0, 0.05) is 24.3 Å². The molecular weight excluding hydrogens is 334 g/mol. The fraction of sp³-hybridized carbons (Fsp3) is 0.385. The Hall–Kier alpha value is -2.53. The third-order valence-electron chi connectivity index (χ3n) is 2.89. The number of hydrogen-bond donors (Lipinski definition) is 3. The number of nitrogens with zero attached hydrogens (tertiary/aromatic N) is 4. The number of aryl methyl sites for hydroxylation is 1. The molecule has 0 radical (unpaired) electrons. The third-order valence-corrected chi connectivity index (χ3v) is 3.62. The maximum absolute atomic E-state index is 11.8. The molecule has 130 valence electrons. The first kappa shape index (κ1) is 17.8. The Labute approximate surface area is 139 Å². The van der Waals surface area contributed by atoms with Gasteiger partial charge in [0.2, 0.25) is 15.8 Å². The van der Waals surface area contributed by atoms with Crippen LogP contribution in [0.25, 0.3) is 11.4 Å². The van der Waals surface area contributed by atoms with Crippen LogP contribution in [0.2, 0.25) is 0 Å². The molecule has 10 nitrogen and oxygen atoms in total. The number of sulfonamides is 1. The molecule has 2 amide bonds. The molecule has 0 saturated heterocycles. The van der Waals surface area contributed by atoms with E-state index in [1.54, 1.807) is 18.2 Å². The molecule has 0 bridgehead atoms. The number of nitrogens with one attached hydrogen (secondary N) is 3. The lowest BCUT2D eigenvalue weighted by molar-refractivity contribution is 0.252. The average molecular weight is 353 g/mol. The molecule has 24 heavy (non-hydrogen) atoms. The molecular formula is C13H19N7O3S. The highest BCUT2D eigenvalue weighted by molar-refractivity contribution is 7.88. The van der Waals surface area contributed by atoms with Crippen molar-refractivity contribution in [2.24, 2.45) is 0 Å². The van der Waals surface area contributed by atoms with Crippen LogP contribution in [0.1, 0.15) is 6.92 Å². The molecule has 3 N–H and O–H groups in total. The zero-order chi connectivity index (χ0) is 17.6. The number of aromatic nitrogens is 4. The van der Waals surface area contributed by atoms with E-state index < -0.39 is 16.1 Å².